The van der Waals surface area contributed by atoms with Crippen molar-refractivity contribution in [3.05, 3.63) is 22.9 Å². The van der Waals surface area contributed by atoms with E-state index in [4.69, 9.17) is 0 Å². The number of pyridine rings is 1. The normalized spacial score (nSPS) is 11.7. The first-order chi connectivity index (χ1) is 8.56. The Bertz CT molecular complexity index is 466. The minimum Gasteiger partial charge on any atom is -0.262 e. The number of nitrogens with zero attached hydrogens (tertiary/aromatic N) is 1. The van der Waals surface area contributed by atoms with E-state index in [1.54, 1.807) is 12.3 Å². The maximum absolute atomic E-state index is 11.9. The van der Waals surface area contributed by atoms with E-state index < -0.39 is 10.0 Å². The zero-order chi connectivity index (χ0) is 13.4. The molecule has 0 amide bonds. The van der Waals surface area contributed by atoms with Gasteiger partial charge in [0, 0.05) is 28.7 Å². The molecular formula is C11H16Br2N2O2S. The van der Waals surface area contributed by atoms with Crippen LogP contribution in [0.1, 0.15) is 25.7 Å². The summed E-state index contributed by atoms with van der Waals surface area (Å²) in [6.07, 6.45) is 7.03. The SMILES string of the molecule is O=S(=O)(NCCCCCCBr)c1cncc(Br)c1. The molecule has 0 aliphatic heterocycles. The Morgan fingerprint density at radius 2 is 1.89 bits per heavy atom. The van der Waals surface area contributed by atoms with E-state index in [1.165, 1.54) is 6.20 Å². The number of aromatic nitrogens is 1. The predicted molar refractivity (Wildman–Crippen MR) is 79.4 cm³/mol. The van der Waals surface area contributed by atoms with Crippen LogP contribution in [0.3, 0.4) is 0 Å². The Balaban J connectivity index is 2.41. The minimum absolute atomic E-state index is 0.192. The van der Waals surface area contributed by atoms with Crippen LogP contribution in [0.15, 0.2) is 27.8 Å². The maximum Gasteiger partial charge on any atom is 0.242 e. The van der Waals surface area contributed by atoms with E-state index in [1.807, 2.05) is 0 Å². The molecule has 0 bridgehead atoms. The summed E-state index contributed by atoms with van der Waals surface area (Å²) in [6.45, 7) is 0.469. The molecule has 7 heteroatoms. The minimum atomic E-state index is -3.43. The average molecular weight is 400 g/mol. The fraction of sp³-hybridized carbons (Fsp3) is 0.545. The van der Waals surface area contributed by atoms with E-state index in [2.05, 4.69) is 41.6 Å². The number of alkyl halides is 1. The van der Waals surface area contributed by atoms with Gasteiger partial charge in [-0.25, -0.2) is 13.1 Å². The fourth-order valence-electron chi connectivity index (χ4n) is 1.40. The quantitative estimate of drug-likeness (QED) is 0.539. The van der Waals surface area contributed by atoms with Gasteiger partial charge in [0.05, 0.1) is 0 Å². The van der Waals surface area contributed by atoms with E-state index in [0.29, 0.717) is 11.0 Å². The molecule has 0 unspecified atom stereocenters. The Kier molecular flexibility index (Phi) is 7.36. The molecule has 0 saturated carbocycles. The lowest BCUT2D eigenvalue weighted by Gasteiger charge is -2.06. The van der Waals surface area contributed by atoms with Crippen molar-refractivity contribution in [1.82, 2.24) is 9.71 Å². The van der Waals surface area contributed by atoms with Crippen molar-refractivity contribution in [2.75, 3.05) is 11.9 Å². The Morgan fingerprint density at radius 1 is 1.17 bits per heavy atom. The Morgan fingerprint density at radius 3 is 2.56 bits per heavy atom. The highest BCUT2D eigenvalue weighted by Crippen LogP contribution is 2.14. The number of nitrogens with one attached hydrogen (secondary N) is 1. The smallest absolute Gasteiger partial charge is 0.242 e. The molecule has 102 valence electrons. The molecule has 0 aliphatic carbocycles. The highest BCUT2D eigenvalue weighted by molar-refractivity contribution is 9.10. The van der Waals surface area contributed by atoms with Gasteiger partial charge in [-0.15, -0.1) is 0 Å². The van der Waals surface area contributed by atoms with E-state index in [0.717, 1.165) is 31.0 Å². The van der Waals surface area contributed by atoms with Gasteiger partial charge in [0.25, 0.3) is 0 Å². The molecule has 0 spiro atoms. The molecule has 1 aromatic heterocycles. The van der Waals surface area contributed by atoms with Crippen molar-refractivity contribution >= 4 is 41.9 Å². The van der Waals surface area contributed by atoms with Crippen molar-refractivity contribution in [1.29, 1.82) is 0 Å². The van der Waals surface area contributed by atoms with E-state index in [-0.39, 0.29) is 4.90 Å². The van der Waals surface area contributed by atoms with Crippen LogP contribution in [0.2, 0.25) is 0 Å². The number of hydrogen-bond donors (Lipinski definition) is 1. The topological polar surface area (TPSA) is 59.1 Å². The lowest BCUT2D eigenvalue weighted by atomic mass is 10.2. The number of hydrogen-bond acceptors (Lipinski definition) is 3. The van der Waals surface area contributed by atoms with Gasteiger partial charge in [-0.05, 0) is 34.8 Å². The van der Waals surface area contributed by atoms with Crippen LogP contribution in [0.5, 0.6) is 0 Å². The van der Waals surface area contributed by atoms with Gasteiger partial charge < -0.3 is 0 Å². The summed E-state index contributed by atoms with van der Waals surface area (Å²) >= 11 is 6.57. The summed E-state index contributed by atoms with van der Waals surface area (Å²) in [6, 6.07) is 1.54. The van der Waals surface area contributed by atoms with Crippen LogP contribution < -0.4 is 4.72 Å². The summed E-state index contributed by atoms with van der Waals surface area (Å²) in [7, 11) is -3.43. The molecule has 1 rings (SSSR count). The van der Waals surface area contributed by atoms with Crippen molar-refractivity contribution < 1.29 is 8.42 Å². The first-order valence-corrected chi connectivity index (χ1v) is 9.12. The summed E-state index contributed by atoms with van der Waals surface area (Å²) < 4.78 is 27.0. The van der Waals surface area contributed by atoms with Crippen molar-refractivity contribution in [3.63, 3.8) is 0 Å². The van der Waals surface area contributed by atoms with Crippen LogP contribution in [0.25, 0.3) is 0 Å². The molecule has 0 atom stereocenters. The van der Waals surface area contributed by atoms with Gasteiger partial charge in [-0.2, -0.15) is 0 Å². The fourth-order valence-corrected chi connectivity index (χ4v) is 3.38. The molecule has 0 radical (unpaired) electrons. The first-order valence-electron chi connectivity index (χ1n) is 5.72. The Hall–Kier alpha value is 0.0200. The van der Waals surface area contributed by atoms with Gasteiger partial charge in [-0.1, -0.05) is 28.8 Å². The molecule has 4 nitrogen and oxygen atoms in total. The van der Waals surface area contributed by atoms with Gasteiger partial charge in [0.1, 0.15) is 4.90 Å². The molecule has 0 saturated heterocycles. The molecule has 0 aliphatic rings. The second-order valence-electron chi connectivity index (χ2n) is 3.84. The number of sulfonamides is 1. The lowest BCUT2D eigenvalue weighted by Crippen LogP contribution is -2.24. The zero-order valence-electron chi connectivity index (χ0n) is 9.90. The van der Waals surface area contributed by atoms with Gasteiger partial charge in [0.2, 0.25) is 10.0 Å². The number of unbranched alkanes of at least 4 members (excludes halogenated alkanes) is 3. The van der Waals surface area contributed by atoms with Crippen LogP contribution in [-0.2, 0) is 10.0 Å². The first kappa shape index (κ1) is 16.1. The van der Waals surface area contributed by atoms with Crippen LogP contribution in [0.4, 0.5) is 0 Å². The number of halogens is 2. The van der Waals surface area contributed by atoms with Crippen LogP contribution >= 0.6 is 31.9 Å². The molecule has 0 fully saturated rings. The highest BCUT2D eigenvalue weighted by Gasteiger charge is 2.13. The third-order valence-electron chi connectivity index (χ3n) is 2.34. The second-order valence-corrected chi connectivity index (χ2v) is 7.32. The zero-order valence-corrected chi connectivity index (χ0v) is 13.9. The second kappa shape index (κ2) is 8.24. The summed E-state index contributed by atoms with van der Waals surface area (Å²) in [5.74, 6) is 0. The molecule has 1 heterocycles. The third-order valence-corrected chi connectivity index (χ3v) is 4.77. The van der Waals surface area contributed by atoms with Gasteiger partial charge in [-0.3, -0.25) is 4.98 Å². The maximum atomic E-state index is 11.9. The molecule has 1 N–H and O–H groups in total. The highest BCUT2D eigenvalue weighted by atomic mass is 79.9. The summed E-state index contributed by atoms with van der Waals surface area (Å²) in [4.78, 5) is 4.04. The van der Waals surface area contributed by atoms with Crippen LogP contribution in [-0.4, -0.2) is 25.3 Å². The van der Waals surface area contributed by atoms with E-state index >= 15 is 0 Å². The molecule has 0 aromatic carbocycles. The third kappa shape index (κ3) is 5.77. The molecular weight excluding hydrogens is 384 g/mol. The van der Waals surface area contributed by atoms with Crippen LogP contribution in [0, 0.1) is 0 Å². The molecule has 1 aromatic rings. The van der Waals surface area contributed by atoms with Crippen molar-refractivity contribution in [2.45, 2.75) is 30.6 Å². The standard InChI is InChI=1S/C11H16Br2N2O2S/c12-5-3-1-2-4-6-15-18(16,17)11-7-10(13)8-14-9-11/h7-9,15H,1-6H2. The largest absolute Gasteiger partial charge is 0.262 e. The molecule has 18 heavy (non-hydrogen) atoms. The summed E-state index contributed by atoms with van der Waals surface area (Å²) in [5.41, 5.74) is 0. The lowest BCUT2D eigenvalue weighted by molar-refractivity contribution is 0.573. The monoisotopic (exact) mass is 398 g/mol. The average Bonchev–Trinajstić information content (AvgIpc) is 2.33. The van der Waals surface area contributed by atoms with Crippen molar-refractivity contribution in [2.24, 2.45) is 0 Å². The summed E-state index contributed by atoms with van der Waals surface area (Å²) in [5, 5.41) is 1.00. The van der Waals surface area contributed by atoms with E-state index in [9.17, 15) is 8.42 Å². The number of rotatable bonds is 8. The van der Waals surface area contributed by atoms with Gasteiger partial charge in [0.15, 0.2) is 0 Å². The Labute approximate surface area is 125 Å². The van der Waals surface area contributed by atoms with Crippen molar-refractivity contribution in [3.8, 4) is 0 Å². The predicted octanol–water partition coefficient (Wildman–Crippen LogP) is 3.08. The van der Waals surface area contributed by atoms with Gasteiger partial charge >= 0.3 is 0 Å².